The van der Waals surface area contributed by atoms with Crippen molar-refractivity contribution in [1.29, 1.82) is 0 Å². The summed E-state index contributed by atoms with van der Waals surface area (Å²) in [6.07, 6.45) is 6.50. The Morgan fingerprint density at radius 2 is 2.12 bits per heavy atom. The van der Waals surface area contributed by atoms with Gasteiger partial charge in [-0.1, -0.05) is 49.4 Å². The van der Waals surface area contributed by atoms with Crippen LogP contribution in [0.4, 0.5) is 5.69 Å². The molecule has 138 valence electrons. The van der Waals surface area contributed by atoms with Crippen molar-refractivity contribution in [3.8, 4) is 0 Å². The van der Waals surface area contributed by atoms with E-state index in [4.69, 9.17) is 27.9 Å². The average Bonchev–Trinajstić information content (AvgIpc) is 3.00. The zero-order valence-corrected chi connectivity index (χ0v) is 16.4. The van der Waals surface area contributed by atoms with Gasteiger partial charge in [0.2, 0.25) is 0 Å². The van der Waals surface area contributed by atoms with Crippen LogP contribution in [0.5, 0.6) is 0 Å². The normalized spacial score (nSPS) is 21.5. The predicted molar refractivity (Wildman–Crippen MR) is 105 cm³/mol. The third-order valence-corrected chi connectivity index (χ3v) is 5.25. The van der Waals surface area contributed by atoms with Crippen LogP contribution in [-0.4, -0.2) is 18.3 Å². The van der Waals surface area contributed by atoms with Crippen molar-refractivity contribution in [2.24, 2.45) is 10.5 Å². The minimum absolute atomic E-state index is 0.152. The van der Waals surface area contributed by atoms with E-state index in [0.29, 0.717) is 22.3 Å². The van der Waals surface area contributed by atoms with Crippen molar-refractivity contribution < 1.29 is 9.53 Å². The summed E-state index contributed by atoms with van der Waals surface area (Å²) < 4.78 is 5.39. The van der Waals surface area contributed by atoms with Gasteiger partial charge < -0.3 is 4.74 Å². The lowest BCUT2D eigenvalue weighted by molar-refractivity contribution is -0.151. The van der Waals surface area contributed by atoms with Gasteiger partial charge >= 0.3 is 5.97 Å². The maximum atomic E-state index is 12.7. The summed E-state index contributed by atoms with van der Waals surface area (Å²) >= 11 is 12.2. The monoisotopic (exact) mass is 384 g/mol. The molecule has 0 saturated heterocycles. The number of nitrogens with one attached hydrogen (secondary N) is 1. The number of hydrogen-bond donors (Lipinski definition) is 1. The van der Waals surface area contributed by atoms with E-state index < -0.39 is 5.41 Å². The molecule has 1 N–H and O–H groups in total. The van der Waals surface area contributed by atoms with Crippen LogP contribution in [0.25, 0.3) is 0 Å². The van der Waals surface area contributed by atoms with Gasteiger partial charge in [-0.05, 0) is 50.8 Å². The first-order valence-electron chi connectivity index (χ1n) is 8.99. The number of esters is 1. The second-order valence-electron chi connectivity index (χ2n) is 6.41. The molecule has 1 aliphatic rings. The lowest BCUT2D eigenvalue weighted by Crippen LogP contribution is -2.37. The fourth-order valence-electron chi connectivity index (χ4n) is 3.35. The van der Waals surface area contributed by atoms with E-state index in [1.807, 2.05) is 6.92 Å². The van der Waals surface area contributed by atoms with Crippen molar-refractivity contribution in [2.45, 2.75) is 58.8 Å². The number of halogens is 2. The van der Waals surface area contributed by atoms with Gasteiger partial charge in [-0.2, -0.15) is 5.10 Å². The fourth-order valence-corrected chi connectivity index (χ4v) is 3.68. The molecule has 0 spiro atoms. The molecular weight excluding hydrogens is 359 g/mol. The molecule has 1 saturated carbocycles. The van der Waals surface area contributed by atoms with Gasteiger partial charge in [0.25, 0.3) is 0 Å². The van der Waals surface area contributed by atoms with Crippen molar-refractivity contribution in [2.75, 3.05) is 12.0 Å². The van der Waals surface area contributed by atoms with Gasteiger partial charge in [0, 0.05) is 5.02 Å². The van der Waals surface area contributed by atoms with E-state index in [-0.39, 0.29) is 5.97 Å². The van der Waals surface area contributed by atoms with Gasteiger partial charge in [0.1, 0.15) is 5.41 Å². The van der Waals surface area contributed by atoms with Crippen LogP contribution in [0.15, 0.2) is 23.3 Å². The van der Waals surface area contributed by atoms with Gasteiger partial charge in [0.15, 0.2) is 0 Å². The number of unbranched alkanes of at least 4 members (excludes halogenated alkanes) is 2. The van der Waals surface area contributed by atoms with E-state index in [1.54, 1.807) is 18.2 Å². The third kappa shape index (κ3) is 4.89. The highest BCUT2D eigenvalue weighted by Crippen LogP contribution is 2.42. The van der Waals surface area contributed by atoms with Crippen LogP contribution in [0.1, 0.15) is 58.8 Å². The first kappa shape index (κ1) is 20.1. The molecule has 1 aromatic rings. The van der Waals surface area contributed by atoms with E-state index >= 15 is 0 Å². The number of carbonyl (C=O) groups is 1. The molecule has 0 radical (unpaired) electrons. The van der Waals surface area contributed by atoms with Crippen molar-refractivity contribution in [1.82, 2.24) is 0 Å². The summed E-state index contributed by atoms with van der Waals surface area (Å²) in [6.45, 7) is 4.38. The molecule has 1 aromatic carbocycles. The number of benzene rings is 1. The molecule has 0 heterocycles. The topological polar surface area (TPSA) is 50.7 Å². The van der Waals surface area contributed by atoms with Crippen molar-refractivity contribution in [3.63, 3.8) is 0 Å². The molecule has 0 aliphatic heterocycles. The minimum atomic E-state index is -0.608. The molecule has 25 heavy (non-hydrogen) atoms. The SMILES string of the molecule is CCCCCC1(C(=O)OCC)CCC/C1=N/Nc1cc(Cl)ccc1Cl. The largest absolute Gasteiger partial charge is 0.465 e. The summed E-state index contributed by atoms with van der Waals surface area (Å²) in [5.74, 6) is -0.152. The Morgan fingerprint density at radius 1 is 1.32 bits per heavy atom. The van der Waals surface area contributed by atoms with Crippen molar-refractivity contribution >= 4 is 40.6 Å². The Kier molecular flexibility index (Phi) is 7.57. The molecular formula is C19H26Cl2N2O2. The van der Waals surface area contributed by atoms with Crippen LogP contribution >= 0.6 is 23.2 Å². The van der Waals surface area contributed by atoms with Crippen LogP contribution in [0.2, 0.25) is 10.0 Å². The molecule has 1 fully saturated rings. The standard InChI is InChI=1S/C19H26Cl2N2O2/c1-3-5-6-11-19(18(24)25-4-2)12-7-8-17(19)23-22-16-13-14(20)9-10-15(16)21/h9-10,13,22H,3-8,11-12H2,1-2H3/b23-17-. The Morgan fingerprint density at radius 3 is 2.84 bits per heavy atom. The maximum Gasteiger partial charge on any atom is 0.317 e. The highest BCUT2D eigenvalue weighted by Gasteiger charge is 2.47. The second-order valence-corrected chi connectivity index (χ2v) is 7.25. The molecule has 0 aromatic heterocycles. The van der Waals surface area contributed by atoms with Crippen LogP contribution in [0, 0.1) is 5.41 Å². The van der Waals surface area contributed by atoms with Crippen LogP contribution < -0.4 is 5.43 Å². The Hall–Kier alpha value is -1.26. The maximum absolute atomic E-state index is 12.7. The Balaban J connectivity index is 2.25. The van der Waals surface area contributed by atoms with Crippen molar-refractivity contribution in [3.05, 3.63) is 28.2 Å². The molecule has 4 nitrogen and oxygen atoms in total. The number of nitrogens with zero attached hydrogens (tertiary/aromatic N) is 1. The van der Waals surface area contributed by atoms with Crippen LogP contribution in [-0.2, 0) is 9.53 Å². The van der Waals surface area contributed by atoms with Crippen LogP contribution in [0.3, 0.4) is 0 Å². The molecule has 0 bridgehead atoms. The van der Waals surface area contributed by atoms with E-state index in [0.717, 1.165) is 50.7 Å². The Bertz CT molecular complexity index is 634. The number of anilines is 1. The number of rotatable bonds is 8. The predicted octanol–water partition coefficient (Wildman–Crippen LogP) is 6.08. The number of carbonyl (C=O) groups excluding carboxylic acids is 1. The fraction of sp³-hybridized carbons (Fsp3) is 0.579. The minimum Gasteiger partial charge on any atom is -0.465 e. The highest BCUT2D eigenvalue weighted by molar-refractivity contribution is 6.35. The van der Waals surface area contributed by atoms with Gasteiger partial charge in [-0.25, -0.2) is 0 Å². The molecule has 1 aliphatic carbocycles. The van der Waals surface area contributed by atoms with E-state index in [9.17, 15) is 4.79 Å². The van der Waals surface area contributed by atoms with Gasteiger partial charge in [-0.15, -0.1) is 0 Å². The summed E-state index contributed by atoms with van der Waals surface area (Å²) in [5.41, 5.74) is 3.89. The van der Waals surface area contributed by atoms with E-state index in [2.05, 4.69) is 17.5 Å². The molecule has 2 rings (SSSR count). The summed E-state index contributed by atoms with van der Waals surface area (Å²) in [7, 11) is 0. The summed E-state index contributed by atoms with van der Waals surface area (Å²) in [6, 6.07) is 5.18. The summed E-state index contributed by atoms with van der Waals surface area (Å²) in [5, 5.41) is 5.68. The molecule has 6 heteroatoms. The smallest absolute Gasteiger partial charge is 0.317 e. The highest BCUT2D eigenvalue weighted by atomic mass is 35.5. The third-order valence-electron chi connectivity index (χ3n) is 4.68. The zero-order chi connectivity index (χ0) is 18.3. The quantitative estimate of drug-likeness (QED) is 0.335. The molecule has 1 atom stereocenters. The molecule has 0 amide bonds. The van der Waals surface area contributed by atoms with Gasteiger partial charge in [-0.3, -0.25) is 10.2 Å². The first-order chi connectivity index (χ1) is 12.0. The lowest BCUT2D eigenvalue weighted by atomic mass is 9.79. The number of ether oxygens (including phenoxy) is 1. The number of hydrogen-bond acceptors (Lipinski definition) is 4. The zero-order valence-electron chi connectivity index (χ0n) is 14.9. The van der Waals surface area contributed by atoms with E-state index in [1.165, 1.54) is 0 Å². The summed E-state index contributed by atoms with van der Waals surface area (Å²) in [4.78, 5) is 12.7. The average molecular weight is 385 g/mol. The number of hydrazone groups is 1. The Labute approximate surface area is 159 Å². The molecule has 1 unspecified atom stereocenters. The first-order valence-corrected chi connectivity index (χ1v) is 9.74. The van der Waals surface area contributed by atoms with Gasteiger partial charge in [0.05, 0.1) is 23.0 Å². The lowest BCUT2D eigenvalue weighted by Gasteiger charge is -2.27. The second kappa shape index (κ2) is 9.44.